The Morgan fingerprint density at radius 1 is 1.38 bits per heavy atom. The fraction of sp³-hybridized carbons (Fsp3) is 0.417. The maximum Gasteiger partial charge on any atom is 0.131 e. The van der Waals surface area contributed by atoms with Crippen molar-refractivity contribution < 1.29 is 14.3 Å². The van der Waals surface area contributed by atoms with Gasteiger partial charge in [-0.25, -0.2) is 0 Å². The normalized spacial score (nSPS) is 12.0. The molecule has 0 spiro atoms. The second-order valence-electron chi connectivity index (χ2n) is 3.62. The van der Waals surface area contributed by atoms with Crippen molar-refractivity contribution >= 4 is 5.78 Å². The van der Waals surface area contributed by atoms with E-state index in [1.54, 1.807) is 32.4 Å². The van der Waals surface area contributed by atoms with Gasteiger partial charge in [0.15, 0.2) is 0 Å². The first kappa shape index (κ1) is 12.5. The minimum atomic E-state index is -0.359. The van der Waals surface area contributed by atoms with Gasteiger partial charge >= 0.3 is 0 Å². The van der Waals surface area contributed by atoms with Gasteiger partial charge in [-0.05, 0) is 25.1 Å². The van der Waals surface area contributed by atoms with Crippen LogP contribution in [-0.2, 0) is 4.79 Å². The van der Waals surface area contributed by atoms with E-state index in [0.29, 0.717) is 17.9 Å². The SMILES string of the molecule is COc1ccc(OC)c(C(N)CC(C)=O)c1. The summed E-state index contributed by atoms with van der Waals surface area (Å²) in [5.41, 5.74) is 6.73. The molecule has 0 fully saturated rings. The standard InChI is InChI=1S/C12H17NO3/c1-8(14)6-11(13)10-7-9(15-2)4-5-12(10)16-3/h4-5,7,11H,6,13H2,1-3H3. The summed E-state index contributed by atoms with van der Waals surface area (Å²) in [6.07, 6.45) is 0.295. The molecule has 0 bridgehead atoms. The topological polar surface area (TPSA) is 61.6 Å². The van der Waals surface area contributed by atoms with E-state index in [-0.39, 0.29) is 11.8 Å². The summed E-state index contributed by atoms with van der Waals surface area (Å²) in [5, 5.41) is 0. The summed E-state index contributed by atoms with van der Waals surface area (Å²) in [6.45, 7) is 1.52. The van der Waals surface area contributed by atoms with E-state index in [1.165, 1.54) is 6.92 Å². The summed E-state index contributed by atoms with van der Waals surface area (Å²) >= 11 is 0. The molecule has 1 unspecified atom stereocenters. The van der Waals surface area contributed by atoms with E-state index in [0.717, 1.165) is 5.56 Å². The number of hydrogen-bond acceptors (Lipinski definition) is 4. The fourth-order valence-electron chi connectivity index (χ4n) is 1.55. The van der Waals surface area contributed by atoms with Gasteiger partial charge in [0.2, 0.25) is 0 Å². The molecule has 1 aromatic rings. The van der Waals surface area contributed by atoms with E-state index >= 15 is 0 Å². The van der Waals surface area contributed by atoms with Crippen LogP contribution in [0.15, 0.2) is 18.2 Å². The lowest BCUT2D eigenvalue weighted by molar-refractivity contribution is -0.117. The van der Waals surface area contributed by atoms with Gasteiger partial charge in [0.25, 0.3) is 0 Å². The van der Waals surface area contributed by atoms with Crippen LogP contribution in [-0.4, -0.2) is 20.0 Å². The lowest BCUT2D eigenvalue weighted by atomic mass is 10.0. The molecule has 1 aromatic carbocycles. The molecular formula is C12H17NO3. The Hall–Kier alpha value is -1.55. The molecule has 0 heterocycles. The maximum atomic E-state index is 11.0. The highest BCUT2D eigenvalue weighted by Gasteiger charge is 2.14. The molecule has 1 atom stereocenters. The lowest BCUT2D eigenvalue weighted by Crippen LogP contribution is -2.15. The largest absolute Gasteiger partial charge is 0.497 e. The first-order valence-corrected chi connectivity index (χ1v) is 5.05. The van der Waals surface area contributed by atoms with Crippen LogP contribution >= 0.6 is 0 Å². The van der Waals surface area contributed by atoms with Crippen molar-refractivity contribution in [2.24, 2.45) is 5.73 Å². The van der Waals surface area contributed by atoms with E-state index in [9.17, 15) is 4.79 Å². The Morgan fingerprint density at radius 3 is 2.56 bits per heavy atom. The molecule has 0 amide bonds. The Balaban J connectivity index is 3.02. The third-order valence-electron chi connectivity index (χ3n) is 2.34. The Kier molecular flexibility index (Phi) is 4.31. The molecule has 0 aliphatic carbocycles. The first-order valence-electron chi connectivity index (χ1n) is 5.05. The molecular weight excluding hydrogens is 206 g/mol. The molecule has 4 nitrogen and oxygen atoms in total. The van der Waals surface area contributed by atoms with E-state index < -0.39 is 0 Å². The van der Waals surface area contributed by atoms with Gasteiger partial charge in [-0.15, -0.1) is 0 Å². The molecule has 0 radical (unpaired) electrons. The fourth-order valence-corrected chi connectivity index (χ4v) is 1.55. The highest BCUT2D eigenvalue weighted by molar-refractivity contribution is 5.76. The van der Waals surface area contributed by atoms with Gasteiger partial charge in [-0.1, -0.05) is 0 Å². The number of hydrogen-bond donors (Lipinski definition) is 1. The predicted molar refractivity (Wildman–Crippen MR) is 61.8 cm³/mol. The number of methoxy groups -OCH3 is 2. The van der Waals surface area contributed by atoms with Crippen LogP contribution in [0.2, 0.25) is 0 Å². The monoisotopic (exact) mass is 223 g/mol. The van der Waals surface area contributed by atoms with Crippen molar-refractivity contribution in [1.29, 1.82) is 0 Å². The molecule has 0 aliphatic heterocycles. The number of ether oxygens (including phenoxy) is 2. The average Bonchev–Trinajstić information content (AvgIpc) is 2.27. The molecule has 2 N–H and O–H groups in total. The maximum absolute atomic E-state index is 11.0. The third kappa shape index (κ3) is 2.97. The summed E-state index contributed by atoms with van der Waals surface area (Å²) in [5.74, 6) is 1.43. The van der Waals surface area contributed by atoms with E-state index in [2.05, 4.69) is 0 Å². The summed E-state index contributed by atoms with van der Waals surface area (Å²) in [6, 6.07) is 5.02. The molecule has 0 saturated heterocycles. The van der Waals surface area contributed by atoms with Crippen molar-refractivity contribution in [2.45, 2.75) is 19.4 Å². The second kappa shape index (κ2) is 5.51. The van der Waals surface area contributed by atoms with Crippen LogP contribution in [0.5, 0.6) is 11.5 Å². The van der Waals surface area contributed by atoms with Crippen LogP contribution in [0, 0.1) is 0 Å². The number of rotatable bonds is 5. The summed E-state index contributed by atoms with van der Waals surface area (Å²) < 4.78 is 10.3. The van der Waals surface area contributed by atoms with Gasteiger partial charge in [0.05, 0.1) is 14.2 Å². The zero-order chi connectivity index (χ0) is 12.1. The van der Waals surface area contributed by atoms with Gasteiger partial charge in [0.1, 0.15) is 17.3 Å². The molecule has 1 rings (SSSR count). The van der Waals surface area contributed by atoms with Crippen LogP contribution in [0.3, 0.4) is 0 Å². The molecule has 0 aliphatic rings. The number of Topliss-reactive ketones (excluding diaryl/α,β-unsaturated/α-hetero) is 1. The van der Waals surface area contributed by atoms with E-state index in [4.69, 9.17) is 15.2 Å². The number of carbonyl (C=O) groups is 1. The van der Waals surface area contributed by atoms with Gasteiger partial charge in [0, 0.05) is 18.0 Å². The highest BCUT2D eigenvalue weighted by atomic mass is 16.5. The molecule has 4 heteroatoms. The highest BCUT2D eigenvalue weighted by Crippen LogP contribution is 2.29. The minimum absolute atomic E-state index is 0.0531. The minimum Gasteiger partial charge on any atom is -0.497 e. The van der Waals surface area contributed by atoms with Crippen LogP contribution in [0.4, 0.5) is 0 Å². The number of benzene rings is 1. The van der Waals surface area contributed by atoms with Crippen molar-refractivity contribution in [3.63, 3.8) is 0 Å². The molecule has 0 aromatic heterocycles. The molecule has 88 valence electrons. The predicted octanol–water partition coefficient (Wildman–Crippen LogP) is 1.68. The Morgan fingerprint density at radius 2 is 2.06 bits per heavy atom. The van der Waals surface area contributed by atoms with Gasteiger partial charge in [-0.2, -0.15) is 0 Å². The molecule has 16 heavy (non-hydrogen) atoms. The third-order valence-corrected chi connectivity index (χ3v) is 2.34. The number of ketones is 1. The smallest absolute Gasteiger partial charge is 0.131 e. The van der Waals surface area contributed by atoms with Gasteiger partial charge < -0.3 is 15.2 Å². The Bertz CT molecular complexity index is 377. The van der Waals surface area contributed by atoms with Crippen LogP contribution in [0.25, 0.3) is 0 Å². The first-order chi connectivity index (χ1) is 7.58. The lowest BCUT2D eigenvalue weighted by Gasteiger charge is -2.15. The van der Waals surface area contributed by atoms with Crippen molar-refractivity contribution in [1.82, 2.24) is 0 Å². The van der Waals surface area contributed by atoms with Crippen molar-refractivity contribution in [2.75, 3.05) is 14.2 Å². The van der Waals surface area contributed by atoms with Crippen molar-refractivity contribution in [3.05, 3.63) is 23.8 Å². The van der Waals surface area contributed by atoms with E-state index in [1.807, 2.05) is 0 Å². The van der Waals surface area contributed by atoms with Crippen LogP contribution in [0.1, 0.15) is 24.9 Å². The van der Waals surface area contributed by atoms with Gasteiger partial charge in [-0.3, -0.25) is 4.79 Å². The summed E-state index contributed by atoms with van der Waals surface area (Å²) in [4.78, 5) is 11.0. The summed E-state index contributed by atoms with van der Waals surface area (Å²) in [7, 11) is 3.16. The van der Waals surface area contributed by atoms with Crippen LogP contribution < -0.4 is 15.2 Å². The molecule has 0 saturated carbocycles. The zero-order valence-electron chi connectivity index (χ0n) is 9.82. The Labute approximate surface area is 95.3 Å². The average molecular weight is 223 g/mol. The second-order valence-corrected chi connectivity index (χ2v) is 3.62. The quantitative estimate of drug-likeness (QED) is 0.825. The number of nitrogens with two attached hydrogens (primary N) is 1. The zero-order valence-corrected chi connectivity index (χ0v) is 9.82. The van der Waals surface area contributed by atoms with Crippen molar-refractivity contribution in [3.8, 4) is 11.5 Å². The number of carbonyl (C=O) groups excluding carboxylic acids is 1.